The molecule has 144 valence electrons. The molecule has 1 aliphatic rings. The van der Waals surface area contributed by atoms with Gasteiger partial charge in [0.2, 0.25) is 0 Å². The van der Waals surface area contributed by atoms with E-state index in [9.17, 15) is 13.2 Å². The van der Waals surface area contributed by atoms with Gasteiger partial charge in [0.05, 0.1) is 16.3 Å². The predicted molar refractivity (Wildman–Crippen MR) is 103 cm³/mol. The van der Waals surface area contributed by atoms with Crippen molar-refractivity contribution in [1.29, 1.82) is 0 Å². The number of rotatable bonds is 3. The van der Waals surface area contributed by atoms with Gasteiger partial charge in [-0.3, -0.25) is 0 Å². The number of para-hydroxylation sites is 1. The molecule has 28 heavy (non-hydrogen) atoms. The summed E-state index contributed by atoms with van der Waals surface area (Å²) in [6.07, 6.45) is -2.32. The summed E-state index contributed by atoms with van der Waals surface area (Å²) in [7, 11) is 0. The molecule has 2 aromatic carbocycles. The molecule has 0 bridgehead atoms. The average molecular weight is 406 g/mol. The van der Waals surface area contributed by atoms with Crippen molar-refractivity contribution in [1.82, 2.24) is 9.97 Å². The van der Waals surface area contributed by atoms with Crippen molar-refractivity contribution in [3.8, 4) is 0 Å². The average Bonchev–Trinajstić information content (AvgIpc) is 3.08. The largest absolute Gasteiger partial charge is 0.416 e. The van der Waals surface area contributed by atoms with Gasteiger partial charge in [0.15, 0.2) is 11.6 Å². The van der Waals surface area contributed by atoms with Crippen LogP contribution in [0.4, 0.5) is 41.9 Å². The number of nitrogens with one attached hydrogen (secondary N) is 1. The summed E-state index contributed by atoms with van der Waals surface area (Å²) >= 11 is 6.06. The molecule has 1 aromatic heterocycles. The minimum atomic E-state index is -4.48. The van der Waals surface area contributed by atoms with E-state index in [4.69, 9.17) is 17.3 Å². The lowest BCUT2D eigenvalue weighted by atomic mass is 10.2. The zero-order valence-electron chi connectivity index (χ0n) is 14.5. The van der Waals surface area contributed by atoms with Crippen molar-refractivity contribution in [2.24, 2.45) is 0 Å². The Labute approximate surface area is 164 Å². The Morgan fingerprint density at radius 3 is 2.68 bits per heavy atom. The van der Waals surface area contributed by atoms with Crippen LogP contribution in [0.1, 0.15) is 11.1 Å². The van der Waals surface area contributed by atoms with E-state index in [1.165, 1.54) is 18.0 Å². The maximum Gasteiger partial charge on any atom is 0.416 e. The molecule has 9 heteroatoms. The van der Waals surface area contributed by atoms with E-state index < -0.39 is 11.7 Å². The Balaban J connectivity index is 1.69. The lowest BCUT2D eigenvalue weighted by molar-refractivity contribution is -0.137. The molecular weight excluding hydrogens is 391 g/mol. The Kier molecular flexibility index (Phi) is 4.50. The molecule has 3 aromatic rings. The summed E-state index contributed by atoms with van der Waals surface area (Å²) in [5.74, 6) is 0.682. The summed E-state index contributed by atoms with van der Waals surface area (Å²) in [6, 6.07) is 10.9. The van der Waals surface area contributed by atoms with Crippen LogP contribution in [0.25, 0.3) is 0 Å². The van der Waals surface area contributed by atoms with Crippen molar-refractivity contribution >= 4 is 40.3 Å². The van der Waals surface area contributed by atoms with Gasteiger partial charge in [0.25, 0.3) is 0 Å². The van der Waals surface area contributed by atoms with E-state index in [2.05, 4.69) is 15.3 Å². The number of alkyl halides is 3. The van der Waals surface area contributed by atoms with Crippen LogP contribution >= 0.6 is 11.6 Å². The zero-order valence-corrected chi connectivity index (χ0v) is 15.2. The van der Waals surface area contributed by atoms with Gasteiger partial charge in [-0.05, 0) is 36.2 Å². The molecule has 4 rings (SSSR count). The Morgan fingerprint density at radius 1 is 1.11 bits per heavy atom. The maximum absolute atomic E-state index is 13.0. The number of anilines is 5. The Hall–Kier alpha value is -3.00. The highest BCUT2D eigenvalue weighted by Crippen LogP contribution is 2.39. The van der Waals surface area contributed by atoms with E-state index in [0.717, 1.165) is 24.2 Å². The zero-order chi connectivity index (χ0) is 19.9. The fraction of sp³-hybridized carbons (Fsp3) is 0.158. The van der Waals surface area contributed by atoms with Gasteiger partial charge in [-0.2, -0.15) is 13.2 Å². The van der Waals surface area contributed by atoms with E-state index >= 15 is 0 Å². The van der Waals surface area contributed by atoms with Crippen molar-refractivity contribution in [3.05, 3.63) is 64.9 Å². The van der Waals surface area contributed by atoms with E-state index in [1.807, 2.05) is 29.2 Å². The molecule has 5 nitrogen and oxygen atoms in total. The molecule has 0 amide bonds. The Bertz CT molecular complexity index is 1040. The lowest BCUT2D eigenvalue weighted by Gasteiger charge is -2.21. The standard InChI is InChI=1S/C19H15ClF3N5/c20-13-6-5-12(19(21,22)23)9-14(13)27-17-16(24)18(26-10-25-17)28-8-7-11-3-1-2-4-15(11)28/h1-6,9-10H,7-8,24H2,(H,25,26,27). The molecule has 0 spiro atoms. The smallest absolute Gasteiger partial charge is 0.393 e. The summed E-state index contributed by atoms with van der Waals surface area (Å²) in [6.45, 7) is 0.699. The van der Waals surface area contributed by atoms with Crippen LogP contribution < -0.4 is 16.0 Å². The van der Waals surface area contributed by atoms with Crippen molar-refractivity contribution in [2.75, 3.05) is 22.5 Å². The number of benzene rings is 2. The second-order valence-corrected chi connectivity index (χ2v) is 6.71. The highest BCUT2D eigenvalue weighted by atomic mass is 35.5. The number of hydrogen-bond acceptors (Lipinski definition) is 5. The van der Waals surface area contributed by atoms with Crippen LogP contribution in [0.3, 0.4) is 0 Å². The summed E-state index contributed by atoms with van der Waals surface area (Å²) in [4.78, 5) is 10.3. The van der Waals surface area contributed by atoms with Crippen LogP contribution in [0.2, 0.25) is 5.02 Å². The molecular formula is C19H15ClF3N5. The number of fused-ring (bicyclic) bond motifs is 1. The number of hydrogen-bond donors (Lipinski definition) is 2. The van der Waals surface area contributed by atoms with E-state index in [0.29, 0.717) is 12.4 Å². The Morgan fingerprint density at radius 2 is 1.89 bits per heavy atom. The molecule has 0 saturated carbocycles. The van der Waals surface area contributed by atoms with Gasteiger partial charge < -0.3 is 16.0 Å². The fourth-order valence-electron chi connectivity index (χ4n) is 3.18. The molecule has 3 N–H and O–H groups in total. The quantitative estimate of drug-likeness (QED) is 0.629. The first-order valence-electron chi connectivity index (χ1n) is 8.44. The number of halogens is 4. The van der Waals surface area contributed by atoms with Gasteiger partial charge in [0.1, 0.15) is 12.0 Å². The van der Waals surface area contributed by atoms with Gasteiger partial charge in [0, 0.05) is 12.2 Å². The number of nitrogens with zero attached hydrogens (tertiary/aromatic N) is 3. The molecule has 0 aliphatic carbocycles. The van der Waals surface area contributed by atoms with Crippen LogP contribution in [0.5, 0.6) is 0 Å². The molecule has 0 fully saturated rings. The fourth-order valence-corrected chi connectivity index (χ4v) is 3.35. The predicted octanol–water partition coefficient (Wildman–Crippen LogP) is 5.17. The monoisotopic (exact) mass is 405 g/mol. The normalized spacial score (nSPS) is 13.5. The van der Waals surface area contributed by atoms with Crippen molar-refractivity contribution in [3.63, 3.8) is 0 Å². The van der Waals surface area contributed by atoms with Crippen LogP contribution in [-0.4, -0.2) is 16.5 Å². The number of nitrogen functional groups attached to an aromatic ring is 1. The van der Waals surface area contributed by atoms with Crippen LogP contribution in [0.15, 0.2) is 48.8 Å². The second kappa shape index (κ2) is 6.87. The summed E-state index contributed by atoms with van der Waals surface area (Å²) in [5.41, 5.74) is 7.90. The van der Waals surface area contributed by atoms with E-state index in [1.54, 1.807) is 0 Å². The van der Waals surface area contributed by atoms with E-state index in [-0.39, 0.29) is 22.2 Å². The highest BCUT2D eigenvalue weighted by Gasteiger charge is 2.31. The molecule has 0 radical (unpaired) electrons. The molecule has 0 atom stereocenters. The maximum atomic E-state index is 13.0. The minimum Gasteiger partial charge on any atom is -0.393 e. The summed E-state index contributed by atoms with van der Waals surface area (Å²) in [5, 5.41) is 2.93. The van der Waals surface area contributed by atoms with Gasteiger partial charge >= 0.3 is 6.18 Å². The third kappa shape index (κ3) is 3.31. The second-order valence-electron chi connectivity index (χ2n) is 6.31. The topological polar surface area (TPSA) is 67.1 Å². The first-order chi connectivity index (χ1) is 13.3. The van der Waals surface area contributed by atoms with Crippen LogP contribution in [-0.2, 0) is 12.6 Å². The van der Waals surface area contributed by atoms with Gasteiger partial charge in [-0.25, -0.2) is 9.97 Å². The number of nitrogens with two attached hydrogens (primary N) is 1. The molecule has 1 aliphatic heterocycles. The third-order valence-electron chi connectivity index (χ3n) is 4.55. The summed E-state index contributed by atoms with van der Waals surface area (Å²) < 4.78 is 39.0. The first-order valence-corrected chi connectivity index (χ1v) is 8.82. The van der Waals surface area contributed by atoms with Crippen molar-refractivity contribution in [2.45, 2.75) is 12.6 Å². The van der Waals surface area contributed by atoms with Crippen LogP contribution in [0, 0.1) is 0 Å². The third-order valence-corrected chi connectivity index (χ3v) is 4.88. The minimum absolute atomic E-state index is 0.0645. The number of aromatic nitrogens is 2. The molecule has 2 heterocycles. The molecule has 0 saturated heterocycles. The first kappa shape index (κ1) is 18.4. The lowest BCUT2D eigenvalue weighted by Crippen LogP contribution is -2.18. The SMILES string of the molecule is Nc1c(Nc2cc(C(F)(F)F)ccc2Cl)ncnc1N1CCc2ccccc21. The van der Waals surface area contributed by atoms with Gasteiger partial charge in [-0.15, -0.1) is 0 Å². The van der Waals surface area contributed by atoms with Gasteiger partial charge in [-0.1, -0.05) is 29.8 Å². The van der Waals surface area contributed by atoms with Crippen molar-refractivity contribution < 1.29 is 13.2 Å². The molecule has 0 unspecified atom stereocenters. The highest BCUT2D eigenvalue weighted by molar-refractivity contribution is 6.33.